The number of carbonyl (C=O) groups excluding carboxylic acids is 2. The normalized spacial score (nSPS) is 14.0. The number of amides is 1. The second-order valence-corrected chi connectivity index (χ2v) is 8.65. The van der Waals surface area contributed by atoms with E-state index in [2.05, 4.69) is 11.2 Å². The Bertz CT molecular complexity index is 1390. The van der Waals surface area contributed by atoms with Crippen LogP contribution in [0, 0.1) is 6.92 Å². The molecule has 1 atom stereocenters. The van der Waals surface area contributed by atoms with Crippen LogP contribution in [0.2, 0.25) is 0 Å². The summed E-state index contributed by atoms with van der Waals surface area (Å²) >= 11 is 0. The zero-order valence-electron chi connectivity index (χ0n) is 19.5. The van der Waals surface area contributed by atoms with E-state index in [1.54, 1.807) is 29.6 Å². The van der Waals surface area contributed by atoms with Crippen LogP contribution < -0.4 is 0 Å². The van der Waals surface area contributed by atoms with Gasteiger partial charge in [0.2, 0.25) is 0 Å². The maximum atomic E-state index is 13.3. The van der Waals surface area contributed by atoms with Gasteiger partial charge in [-0.15, -0.1) is 0 Å². The summed E-state index contributed by atoms with van der Waals surface area (Å²) in [7, 11) is 1.80. The maximum absolute atomic E-state index is 13.3. The number of nitrogens with zero attached hydrogens (tertiary/aromatic N) is 4. The summed E-state index contributed by atoms with van der Waals surface area (Å²) < 4.78 is 7.37. The van der Waals surface area contributed by atoms with Crippen LogP contribution in [0.1, 0.15) is 34.1 Å². The molecule has 7 heteroatoms. The number of benzene rings is 2. The lowest BCUT2D eigenvalue weighted by Gasteiger charge is -2.30. The molecule has 1 aliphatic rings. The van der Waals surface area contributed by atoms with Gasteiger partial charge in [-0.25, -0.2) is 9.78 Å². The molecule has 34 heavy (non-hydrogen) atoms. The molecule has 0 fully saturated rings. The molecule has 4 aromatic rings. The zero-order valence-corrected chi connectivity index (χ0v) is 19.5. The molecule has 0 saturated heterocycles. The molecule has 0 saturated carbocycles. The molecule has 0 bridgehead atoms. The number of pyridine rings is 1. The number of esters is 1. The molecule has 2 aromatic heterocycles. The van der Waals surface area contributed by atoms with Gasteiger partial charge in [-0.1, -0.05) is 54.6 Å². The molecule has 5 rings (SSSR count). The second-order valence-electron chi connectivity index (χ2n) is 8.65. The summed E-state index contributed by atoms with van der Waals surface area (Å²) in [5.74, 6) is -0.752. The lowest BCUT2D eigenvalue weighted by molar-refractivity contribution is -0.140. The Morgan fingerprint density at radius 3 is 2.50 bits per heavy atom. The monoisotopic (exact) mass is 454 g/mol. The highest BCUT2D eigenvalue weighted by molar-refractivity contribution is 6.05. The van der Waals surface area contributed by atoms with Gasteiger partial charge in [0.25, 0.3) is 5.91 Å². The van der Waals surface area contributed by atoms with Crippen molar-refractivity contribution in [2.75, 3.05) is 6.54 Å². The predicted octanol–water partition coefficient (Wildman–Crippen LogP) is 4.07. The number of ether oxygens (including phenoxy) is 1. The summed E-state index contributed by atoms with van der Waals surface area (Å²) in [6.45, 7) is 4.60. The molecule has 0 spiro atoms. The number of aryl methyl sites for hydroxylation is 2. The average Bonchev–Trinajstić information content (AvgIpc) is 3.16. The van der Waals surface area contributed by atoms with Crippen LogP contribution in [-0.4, -0.2) is 44.2 Å². The van der Waals surface area contributed by atoms with E-state index >= 15 is 0 Å². The zero-order chi connectivity index (χ0) is 23.8. The molecule has 0 radical (unpaired) electrons. The Labute approximate surface area is 198 Å². The van der Waals surface area contributed by atoms with Gasteiger partial charge in [0.15, 0.2) is 11.8 Å². The summed E-state index contributed by atoms with van der Waals surface area (Å²) in [6, 6.07) is 19.5. The topological polar surface area (TPSA) is 77.3 Å². The minimum Gasteiger partial charge on any atom is -0.449 e. The van der Waals surface area contributed by atoms with Crippen molar-refractivity contribution in [1.29, 1.82) is 0 Å². The molecule has 2 aromatic carbocycles. The Hall–Kier alpha value is -4.00. The Balaban J connectivity index is 1.42. The van der Waals surface area contributed by atoms with Crippen molar-refractivity contribution in [1.82, 2.24) is 19.7 Å². The van der Waals surface area contributed by atoms with Crippen LogP contribution in [0.3, 0.4) is 0 Å². The van der Waals surface area contributed by atoms with Crippen molar-refractivity contribution in [2.45, 2.75) is 32.9 Å². The van der Waals surface area contributed by atoms with Gasteiger partial charge in [-0.05, 0) is 37.5 Å². The molecular weight excluding hydrogens is 428 g/mol. The second kappa shape index (κ2) is 8.74. The third kappa shape index (κ3) is 3.94. The highest BCUT2D eigenvalue weighted by Gasteiger charge is 2.29. The lowest BCUT2D eigenvalue weighted by Crippen LogP contribution is -2.42. The number of hydrogen-bond donors (Lipinski definition) is 0. The molecule has 1 unspecified atom stereocenters. The smallest absolute Gasteiger partial charge is 0.339 e. The van der Waals surface area contributed by atoms with E-state index in [1.165, 1.54) is 5.56 Å². The van der Waals surface area contributed by atoms with E-state index < -0.39 is 12.1 Å². The van der Waals surface area contributed by atoms with Crippen molar-refractivity contribution >= 4 is 22.9 Å². The Kier molecular flexibility index (Phi) is 5.61. The van der Waals surface area contributed by atoms with Crippen LogP contribution in [0.5, 0.6) is 0 Å². The Morgan fingerprint density at radius 1 is 1.03 bits per heavy atom. The lowest BCUT2D eigenvalue weighted by atomic mass is 9.99. The van der Waals surface area contributed by atoms with E-state index in [0.717, 1.165) is 17.5 Å². The van der Waals surface area contributed by atoms with Crippen molar-refractivity contribution in [3.8, 4) is 11.3 Å². The predicted molar refractivity (Wildman–Crippen MR) is 129 cm³/mol. The first-order valence-corrected chi connectivity index (χ1v) is 11.4. The third-order valence-corrected chi connectivity index (χ3v) is 6.33. The average molecular weight is 455 g/mol. The molecule has 1 aliphatic heterocycles. The number of aromatic nitrogens is 3. The van der Waals surface area contributed by atoms with Gasteiger partial charge >= 0.3 is 5.97 Å². The summed E-state index contributed by atoms with van der Waals surface area (Å²) in [6.07, 6.45) is -0.110. The molecule has 3 heterocycles. The van der Waals surface area contributed by atoms with Gasteiger partial charge < -0.3 is 9.64 Å². The van der Waals surface area contributed by atoms with E-state index in [-0.39, 0.29) is 5.91 Å². The maximum Gasteiger partial charge on any atom is 0.339 e. The minimum absolute atomic E-state index is 0.195. The minimum atomic E-state index is -0.905. The van der Waals surface area contributed by atoms with Crippen LogP contribution in [-0.2, 0) is 29.5 Å². The largest absolute Gasteiger partial charge is 0.449 e. The van der Waals surface area contributed by atoms with Gasteiger partial charge in [0.1, 0.15) is 0 Å². The van der Waals surface area contributed by atoms with Crippen molar-refractivity contribution < 1.29 is 14.3 Å². The molecule has 7 nitrogen and oxygen atoms in total. The van der Waals surface area contributed by atoms with Crippen LogP contribution >= 0.6 is 0 Å². The van der Waals surface area contributed by atoms with Gasteiger partial charge in [-0.3, -0.25) is 9.48 Å². The number of fused-ring (bicyclic) bond motifs is 2. The van der Waals surface area contributed by atoms with E-state index in [0.29, 0.717) is 41.1 Å². The third-order valence-electron chi connectivity index (χ3n) is 6.33. The van der Waals surface area contributed by atoms with Crippen molar-refractivity contribution in [2.24, 2.45) is 7.05 Å². The first-order valence-electron chi connectivity index (χ1n) is 11.4. The van der Waals surface area contributed by atoms with Gasteiger partial charge in [0.05, 0.1) is 22.3 Å². The first-order chi connectivity index (χ1) is 16.4. The fourth-order valence-electron chi connectivity index (χ4n) is 4.58. The fraction of sp³-hybridized carbons (Fsp3) is 0.259. The van der Waals surface area contributed by atoms with E-state index in [4.69, 9.17) is 9.72 Å². The number of rotatable bonds is 4. The molecule has 1 amide bonds. The van der Waals surface area contributed by atoms with Crippen LogP contribution in [0.25, 0.3) is 22.3 Å². The van der Waals surface area contributed by atoms with Gasteiger partial charge in [0, 0.05) is 25.7 Å². The SMILES string of the molecule is Cc1nn(C)c2nc(-c3ccccc3)cc(C(=O)OC(C)C(=O)N3CCc4ccccc4C3)c12. The highest BCUT2D eigenvalue weighted by atomic mass is 16.5. The van der Waals surface area contributed by atoms with Crippen LogP contribution in [0.4, 0.5) is 0 Å². The van der Waals surface area contributed by atoms with Gasteiger partial charge in [-0.2, -0.15) is 5.10 Å². The summed E-state index contributed by atoms with van der Waals surface area (Å²) in [5.41, 5.74) is 5.56. The number of hydrogen-bond acceptors (Lipinski definition) is 5. The quantitative estimate of drug-likeness (QED) is 0.435. The molecular formula is C27H26N4O3. The van der Waals surface area contributed by atoms with E-state index in [9.17, 15) is 9.59 Å². The molecule has 172 valence electrons. The number of carbonyl (C=O) groups is 2. The van der Waals surface area contributed by atoms with E-state index in [1.807, 2.05) is 55.5 Å². The summed E-state index contributed by atoms with van der Waals surface area (Å²) in [5, 5.41) is 5.09. The molecule has 0 aliphatic carbocycles. The van der Waals surface area contributed by atoms with Crippen molar-refractivity contribution in [3.05, 3.63) is 83.0 Å². The summed E-state index contributed by atoms with van der Waals surface area (Å²) in [4.78, 5) is 33.0. The van der Waals surface area contributed by atoms with Crippen LogP contribution in [0.15, 0.2) is 60.7 Å². The Morgan fingerprint density at radius 2 is 1.74 bits per heavy atom. The first kappa shape index (κ1) is 21.8. The molecule has 0 N–H and O–H groups in total. The van der Waals surface area contributed by atoms with Crippen molar-refractivity contribution in [3.63, 3.8) is 0 Å². The highest BCUT2D eigenvalue weighted by Crippen LogP contribution is 2.28. The fourth-order valence-corrected chi connectivity index (χ4v) is 4.58. The standard InChI is InChI=1S/C27H26N4O3/c1-17-24-22(15-23(20-10-5-4-6-11-20)28-25(24)30(3)29-17)27(33)34-18(2)26(32)31-14-13-19-9-7-8-12-21(19)16-31/h4-12,15,18H,13-14,16H2,1-3H3.